The molecule has 0 unspecified atom stereocenters. The lowest BCUT2D eigenvalue weighted by molar-refractivity contribution is 0.288. The van der Waals surface area contributed by atoms with Crippen molar-refractivity contribution in [3.63, 3.8) is 0 Å². The number of anilines is 2. The molecular formula is C26H30N4O2S. The summed E-state index contributed by atoms with van der Waals surface area (Å²) in [4.78, 5) is 14.3. The molecule has 2 aromatic heterocycles. The first-order chi connectivity index (χ1) is 16.0. The fraction of sp³-hybridized carbons (Fsp3) is 0.346. The Balaban J connectivity index is 1.80. The van der Waals surface area contributed by atoms with Crippen molar-refractivity contribution in [1.82, 2.24) is 15.0 Å². The van der Waals surface area contributed by atoms with Crippen molar-refractivity contribution in [3.05, 3.63) is 52.6 Å². The minimum Gasteiger partial charge on any atom is -0.490 e. The molecule has 33 heavy (non-hydrogen) atoms. The van der Waals surface area contributed by atoms with Gasteiger partial charge in [0, 0.05) is 34.5 Å². The van der Waals surface area contributed by atoms with E-state index in [2.05, 4.69) is 41.7 Å². The van der Waals surface area contributed by atoms with E-state index in [1.165, 1.54) is 0 Å². The van der Waals surface area contributed by atoms with Crippen LogP contribution in [0.15, 0.2) is 41.8 Å². The van der Waals surface area contributed by atoms with E-state index in [1.807, 2.05) is 45.0 Å². The topological polar surface area (TPSA) is 69.2 Å². The maximum absolute atomic E-state index is 5.86. The number of thiazole rings is 1. The Labute approximate surface area is 199 Å². The number of hydrogen-bond acceptors (Lipinski definition) is 7. The summed E-state index contributed by atoms with van der Waals surface area (Å²) in [6, 6.07) is 12.2. The quantitative estimate of drug-likeness (QED) is 0.295. The smallest absolute Gasteiger partial charge is 0.163 e. The van der Waals surface area contributed by atoms with Crippen LogP contribution in [0.5, 0.6) is 11.5 Å². The van der Waals surface area contributed by atoms with E-state index >= 15 is 0 Å². The van der Waals surface area contributed by atoms with E-state index in [1.54, 1.807) is 11.3 Å². The average molecular weight is 463 g/mol. The highest BCUT2D eigenvalue weighted by Crippen LogP contribution is 2.36. The molecule has 0 saturated carbocycles. The van der Waals surface area contributed by atoms with Crippen LogP contribution < -0.4 is 14.8 Å². The lowest BCUT2D eigenvalue weighted by Crippen LogP contribution is -2.06. The second-order valence-electron chi connectivity index (χ2n) is 8.23. The molecule has 0 aliphatic carbocycles. The number of hydrogen-bond donors (Lipinski definition) is 1. The second kappa shape index (κ2) is 10.2. The van der Waals surface area contributed by atoms with E-state index in [0.717, 1.165) is 50.9 Å². The maximum Gasteiger partial charge on any atom is 0.163 e. The molecule has 0 aliphatic rings. The van der Waals surface area contributed by atoms with E-state index in [9.17, 15) is 0 Å². The van der Waals surface area contributed by atoms with E-state index in [0.29, 0.717) is 30.6 Å². The number of aryl methyl sites for hydroxylation is 1. The molecule has 0 saturated heterocycles. The molecule has 4 aromatic rings. The summed E-state index contributed by atoms with van der Waals surface area (Å²) in [5, 5.41) is 7.55. The molecule has 2 aromatic carbocycles. The SMILES string of the molecule is CCOc1cc2nc(CC(C)C)nc(Nc3cccc(-c4csc(C)n4)c3)c2cc1OCC. The zero-order chi connectivity index (χ0) is 23.4. The summed E-state index contributed by atoms with van der Waals surface area (Å²) in [5.74, 6) is 3.40. The van der Waals surface area contributed by atoms with Gasteiger partial charge in [0.05, 0.1) is 29.4 Å². The first-order valence-corrected chi connectivity index (χ1v) is 12.2. The third kappa shape index (κ3) is 5.42. The summed E-state index contributed by atoms with van der Waals surface area (Å²) in [5.41, 5.74) is 3.83. The van der Waals surface area contributed by atoms with Crippen molar-refractivity contribution >= 4 is 33.7 Å². The number of benzene rings is 2. The molecule has 2 heterocycles. The molecule has 4 rings (SSSR count). The van der Waals surface area contributed by atoms with Crippen molar-refractivity contribution in [3.8, 4) is 22.8 Å². The molecule has 172 valence electrons. The lowest BCUT2D eigenvalue weighted by atomic mass is 10.1. The predicted molar refractivity (Wildman–Crippen MR) is 136 cm³/mol. The van der Waals surface area contributed by atoms with Crippen LogP contribution in [-0.4, -0.2) is 28.2 Å². The number of rotatable bonds is 9. The Morgan fingerprint density at radius 3 is 2.39 bits per heavy atom. The summed E-state index contributed by atoms with van der Waals surface area (Å²) in [7, 11) is 0. The molecule has 0 spiro atoms. The Bertz CT molecular complexity index is 1250. The molecule has 0 fully saturated rings. The third-order valence-electron chi connectivity index (χ3n) is 5.04. The van der Waals surface area contributed by atoms with E-state index in [-0.39, 0.29) is 0 Å². The van der Waals surface area contributed by atoms with Gasteiger partial charge in [-0.2, -0.15) is 0 Å². The summed E-state index contributed by atoms with van der Waals surface area (Å²) in [6.07, 6.45) is 0.792. The first-order valence-electron chi connectivity index (χ1n) is 11.4. The van der Waals surface area contributed by atoms with Crippen molar-refractivity contribution in [2.75, 3.05) is 18.5 Å². The van der Waals surface area contributed by atoms with Crippen molar-refractivity contribution in [1.29, 1.82) is 0 Å². The van der Waals surface area contributed by atoms with Crippen LogP contribution in [0.3, 0.4) is 0 Å². The van der Waals surface area contributed by atoms with Gasteiger partial charge in [-0.15, -0.1) is 11.3 Å². The van der Waals surface area contributed by atoms with Crippen LogP contribution in [0.4, 0.5) is 11.5 Å². The van der Waals surface area contributed by atoms with Gasteiger partial charge < -0.3 is 14.8 Å². The molecule has 0 bridgehead atoms. The molecule has 0 aliphatic heterocycles. The first kappa shape index (κ1) is 23.0. The highest BCUT2D eigenvalue weighted by atomic mass is 32.1. The van der Waals surface area contributed by atoms with Gasteiger partial charge in [-0.25, -0.2) is 15.0 Å². The van der Waals surface area contributed by atoms with Gasteiger partial charge >= 0.3 is 0 Å². The predicted octanol–water partition coefficient (Wildman–Crippen LogP) is 6.80. The molecule has 6 nitrogen and oxygen atoms in total. The zero-order valence-electron chi connectivity index (χ0n) is 19.8. The number of fused-ring (bicyclic) bond motifs is 1. The van der Waals surface area contributed by atoms with Crippen LogP contribution in [0, 0.1) is 12.8 Å². The van der Waals surface area contributed by atoms with E-state index in [4.69, 9.17) is 19.4 Å². The molecule has 0 amide bonds. The van der Waals surface area contributed by atoms with Crippen LogP contribution in [0.25, 0.3) is 22.2 Å². The Hall–Kier alpha value is -3.19. The molecule has 7 heteroatoms. The fourth-order valence-corrected chi connectivity index (χ4v) is 4.28. The third-order valence-corrected chi connectivity index (χ3v) is 5.81. The monoisotopic (exact) mass is 462 g/mol. The van der Waals surface area contributed by atoms with Crippen LogP contribution >= 0.6 is 11.3 Å². The Morgan fingerprint density at radius 2 is 1.73 bits per heavy atom. The van der Waals surface area contributed by atoms with Crippen LogP contribution in [-0.2, 0) is 6.42 Å². The highest BCUT2D eigenvalue weighted by molar-refractivity contribution is 7.09. The molecule has 0 atom stereocenters. The number of nitrogens with zero attached hydrogens (tertiary/aromatic N) is 3. The molecule has 0 radical (unpaired) electrons. The minimum atomic E-state index is 0.445. The maximum atomic E-state index is 5.86. The van der Waals surface area contributed by atoms with Crippen LogP contribution in [0.1, 0.15) is 38.5 Å². The fourth-order valence-electron chi connectivity index (χ4n) is 3.66. The van der Waals surface area contributed by atoms with E-state index < -0.39 is 0 Å². The van der Waals surface area contributed by atoms with Crippen molar-refractivity contribution < 1.29 is 9.47 Å². The normalized spacial score (nSPS) is 11.2. The summed E-state index contributed by atoms with van der Waals surface area (Å²) >= 11 is 1.65. The van der Waals surface area contributed by atoms with Crippen LogP contribution in [0.2, 0.25) is 0 Å². The van der Waals surface area contributed by atoms with Gasteiger partial charge in [-0.3, -0.25) is 0 Å². The van der Waals surface area contributed by atoms with Gasteiger partial charge in [0.15, 0.2) is 11.5 Å². The Kier molecular flexibility index (Phi) is 7.08. The summed E-state index contributed by atoms with van der Waals surface area (Å²) < 4.78 is 11.7. The molecular weight excluding hydrogens is 432 g/mol. The average Bonchev–Trinajstić information content (AvgIpc) is 3.21. The second-order valence-corrected chi connectivity index (χ2v) is 9.29. The number of nitrogens with one attached hydrogen (secondary N) is 1. The highest BCUT2D eigenvalue weighted by Gasteiger charge is 2.15. The van der Waals surface area contributed by atoms with Crippen molar-refractivity contribution in [2.45, 2.75) is 41.0 Å². The minimum absolute atomic E-state index is 0.445. The van der Waals surface area contributed by atoms with Gasteiger partial charge in [-0.05, 0) is 44.9 Å². The van der Waals surface area contributed by atoms with Gasteiger partial charge in [0.1, 0.15) is 11.6 Å². The summed E-state index contributed by atoms with van der Waals surface area (Å²) in [6.45, 7) is 11.4. The number of ether oxygens (including phenoxy) is 2. The number of aromatic nitrogens is 3. The standard InChI is InChI=1S/C26H30N4O2S/c1-6-31-23-13-20-21(14-24(23)32-7-2)29-25(11-16(3)4)30-26(20)28-19-10-8-9-18(12-19)22-15-33-17(5)27-22/h8-10,12-16H,6-7,11H2,1-5H3,(H,28,29,30). The van der Waals surface area contributed by atoms with Gasteiger partial charge in [0.25, 0.3) is 0 Å². The largest absolute Gasteiger partial charge is 0.490 e. The van der Waals surface area contributed by atoms with Crippen molar-refractivity contribution in [2.24, 2.45) is 5.92 Å². The van der Waals surface area contributed by atoms with Gasteiger partial charge in [-0.1, -0.05) is 26.0 Å². The molecule has 1 N–H and O–H groups in total. The Morgan fingerprint density at radius 1 is 0.970 bits per heavy atom. The zero-order valence-corrected chi connectivity index (χ0v) is 20.6. The lowest BCUT2D eigenvalue weighted by Gasteiger charge is -2.16. The van der Waals surface area contributed by atoms with Gasteiger partial charge in [0.2, 0.25) is 0 Å².